The van der Waals surface area contributed by atoms with Crippen molar-refractivity contribution in [1.82, 2.24) is 5.32 Å². The molecular weight excluding hydrogens is 208 g/mol. The number of rotatable bonds is 3. The molecule has 4 heteroatoms. The van der Waals surface area contributed by atoms with Crippen molar-refractivity contribution in [2.45, 2.75) is 6.54 Å². The van der Waals surface area contributed by atoms with Crippen LogP contribution in [0.15, 0.2) is 29.3 Å². The highest BCUT2D eigenvalue weighted by Crippen LogP contribution is 2.13. The van der Waals surface area contributed by atoms with E-state index in [1.807, 2.05) is 12.1 Å². The molecule has 1 N–H and O–H groups in total. The lowest BCUT2D eigenvalue weighted by Crippen LogP contribution is -2.17. The number of methoxy groups -OCH3 is 1. The fourth-order valence-electron chi connectivity index (χ4n) is 1.36. The van der Waals surface area contributed by atoms with E-state index in [4.69, 9.17) is 4.74 Å². The van der Waals surface area contributed by atoms with Crippen molar-refractivity contribution in [2.75, 3.05) is 19.4 Å². The zero-order chi connectivity index (χ0) is 10.5. The molecule has 1 aliphatic heterocycles. The van der Waals surface area contributed by atoms with Gasteiger partial charge in [-0.3, -0.25) is 4.99 Å². The number of hydrogen-bond donors (Lipinski definition) is 1. The largest absolute Gasteiger partial charge is 0.497 e. The van der Waals surface area contributed by atoms with Crippen LogP contribution in [0.25, 0.3) is 0 Å². The summed E-state index contributed by atoms with van der Waals surface area (Å²) in [6.45, 7) is 1.77. The summed E-state index contributed by atoms with van der Waals surface area (Å²) in [5.74, 6) is 2.00. The standard InChI is InChI=1S/C11H14N2OS/c1-14-10-4-2-9(3-5-10)8-13-11-12-6-7-15-11/h2-5H,6-8H2,1H3,(H,12,13). The lowest BCUT2D eigenvalue weighted by atomic mass is 10.2. The number of benzene rings is 1. The van der Waals surface area contributed by atoms with Gasteiger partial charge in [-0.05, 0) is 17.7 Å². The van der Waals surface area contributed by atoms with Gasteiger partial charge in [0.2, 0.25) is 0 Å². The maximum Gasteiger partial charge on any atom is 0.156 e. The number of aliphatic imine (C=N–C) groups is 1. The highest BCUT2D eigenvalue weighted by atomic mass is 32.2. The third-order valence-electron chi connectivity index (χ3n) is 2.19. The Bertz CT molecular complexity index is 348. The Hall–Kier alpha value is -1.16. The van der Waals surface area contributed by atoms with Crippen molar-refractivity contribution >= 4 is 16.9 Å². The number of thioether (sulfide) groups is 1. The average molecular weight is 222 g/mol. The van der Waals surface area contributed by atoms with E-state index in [9.17, 15) is 0 Å². The van der Waals surface area contributed by atoms with Crippen LogP contribution >= 0.6 is 11.8 Å². The van der Waals surface area contributed by atoms with E-state index in [0.717, 1.165) is 29.8 Å². The molecule has 0 fully saturated rings. The van der Waals surface area contributed by atoms with Crippen molar-refractivity contribution < 1.29 is 4.74 Å². The van der Waals surface area contributed by atoms with E-state index in [0.29, 0.717) is 0 Å². The maximum absolute atomic E-state index is 5.10. The predicted octanol–water partition coefficient (Wildman–Crippen LogP) is 1.89. The Balaban J connectivity index is 1.87. The summed E-state index contributed by atoms with van der Waals surface area (Å²) in [6.07, 6.45) is 0. The second-order valence-electron chi connectivity index (χ2n) is 3.24. The van der Waals surface area contributed by atoms with Gasteiger partial charge in [0, 0.05) is 12.3 Å². The van der Waals surface area contributed by atoms with Gasteiger partial charge in [-0.25, -0.2) is 0 Å². The minimum atomic E-state index is 0.829. The molecule has 0 bridgehead atoms. The normalized spacial score (nSPS) is 14.9. The molecular formula is C11H14N2OS. The quantitative estimate of drug-likeness (QED) is 0.848. The topological polar surface area (TPSA) is 33.6 Å². The van der Waals surface area contributed by atoms with Gasteiger partial charge in [0.1, 0.15) is 5.75 Å². The molecule has 0 atom stereocenters. The average Bonchev–Trinajstić information content (AvgIpc) is 2.80. The highest BCUT2D eigenvalue weighted by molar-refractivity contribution is 8.14. The van der Waals surface area contributed by atoms with Crippen LogP contribution in [0.2, 0.25) is 0 Å². The SMILES string of the molecule is COc1ccc(CNC2=NCCS2)cc1. The van der Waals surface area contributed by atoms with Crippen LogP contribution < -0.4 is 10.1 Å². The minimum Gasteiger partial charge on any atom is -0.497 e. The zero-order valence-corrected chi connectivity index (χ0v) is 9.51. The molecule has 0 saturated carbocycles. The molecule has 1 aliphatic rings. The van der Waals surface area contributed by atoms with E-state index >= 15 is 0 Å². The van der Waals surface area contributed by atoms with Gasteiger partial charge in [0.25, 0.3) is 0 Å². The third kappa shape index (κ3) is 2.89. The molecule has 15 heavy (non-hydrogen) atoms. The molecule has 1 heterocycles. The van der Waals surface area contributed by atoms with E-state index in [-0.39, 0.29) is 0 Å². The Morgan fingerprint density at radius 3 is 2.80 bits per heavy atom. The smallest absolute Gasteiger partial charge is 0.156 e. The Morgan fingerprint density at radius 2 is 2.20 bits per heavy atom. The maximum atomic E-state index is 5.10. The second-order valence-corrected chi connectivity index (χ2v) is 4.32. The summed E-state index contributed by atoms with van der Waals surface area (Å²) < 4.78 is 5.10. The Labute approximate surface area is 93.9 Å². The molecule has 2 rings (SSSR count). The van der Waals surface area contributed by atoms with Gasteiger partial charge in [-0.15, -0.1) is 0 Å². The Kier molecular flexibility index (Phi) is 3.50. The molecule has 0 spiro atoms. The first-order chi connectivity index (χ1) is 7.38. The monoisotopic (exact) mass is 222 g/mol. The van der Waals surface area contributed by atoms with Crippen molar-refractivity contribution in [3.8, 4) is 5.75 Å². The molecule has 0 aliphatic carbocycles. The van der Waals surface area contributed by atoms with Gasteiger partial charge in [-0.2, -0.15) is 0 Å². The van der Waals surface area contributed by atoms with Crippen LogP contribution in [-0.2, 0) is 6.54 Å². The fourth-order valence-corrected chi connectivity index (χ4v) is 2.10. The minimum absolute atomic E-state index is 0.829. The van der Waals surface area contributed by atoms with E-state index in [1.54, 1.807) is 18.9 Å². The van der Waals surface area contributed by atoms with Gasteiger partial charge in [-0.1, -0.05) is 23.9 Å². The summed E-state index contributed by atoms with van der Waals surface area (Å²) in [4.78, 5) is 4.33. The summed E-state index contributed by atoms with van der Waals surface area (Å²) >= 11 is 1.78. The highest BCUT2D eigenvalue weighted by Gasteiger charge is 2.05. The molecule has 0 radical (unpaired) electrons. The molecule has 0 aromatic heterocycles. The lowest BCUT2D eigenvalue weighted by Gasteiger charge is -2.05. The number of hydrogen-bond acceptors (Lipinski definition) is 4. The van der Waals surface area contributed by atoms with Crippen molar-refractivity contribution in [3.05, 3.63) is 29.8 Å². The molecule has 0 saturated heterocycles. The first-order valence-corrected chi connectivity index (χ1v) is 5.91. The van der Waals surface area contributed by atoms with E-state index in [1.165, 1.54) is 5.56 Å². The number of nitrogens with zero attached hydrogens (tertiary/aromatic N) is 1. The molecule has 0 amide bonds. The molecule has 1 aromatic rings. The van der Waals surface area contributed by atoms with Crippen LogP contribution in [0, 0.1) is 0 Å². The molecule has 3 nitrogen and oxygen atoms in total. The van der Waals surface area contributed by atoms with Gasteiger partial charge in [0.05, 0.1) is 13.7 Å². The van der Waals surface area contributed by atoms with E-state index < -0.39 is 0 Å². The fraction of sp³-hybridized carbons (Fsp3) is 0.364. The summed E-state index contributed by atoms with van der Waals surface area (Å²) in [5.41, 5.74) is 1.24. The van der Waals surface area contributed by atoms with Gasteiger partial charge < -0.3 is 10.1 Å². The van der Waals surface area contributed by atoms with Crippen molar-refractivity contribution in [3.63, 3.8) is 0 Å². The van der Waals surface area contributed by atoms with Crippen molar-refractivity contribution in [2.24, 2.45) is 4.99 Å². The molecule has 1 aromatic carbocycles. The van der Waals surface area contributed by atoms with Crippen LogP contribution in [0.3, 0.4) is 0 Å². The first kappa shape index (κ1) is 10.4. The second kappa shape index (κ2) is 5.07. The number of ether oxygens (including phenoxy) is 1. The number of nitrogens with one attached hydrogen (secondary N) is 1. The predicted molar refractivity (Wildman–Crippen MR) is 64.6 cm³/mol. The molecule has 0 unspecified atom stereocenters. The zero-order valence-electron chi connectivity index (χ0n) is 8.69. The van der Waals surface area contributed by atoms with Crippen molar-refractivity contribution in [1.29, 1.82) is 0 Å². The van der Waals surface area contributed by atoms with Gasteiger partial charge in [0.15, 0.2) is 5.17 Å². The Morgan fingerprint density at radius 1 is 1.40 bits per heavy atom. The van der Waals surface area contributed by atoms with Crippen LogP contribution in [-0.4, -0.2) is 24.6 Å². The number of amidine groups is 1. The summed E-state index contributed by atoms with van der Waals surface area (Å²) in [6, 6.07) is 8.07. The first-order valence-electron chi connectivity index (χ1n) is 4.92. The third-order valence-corrected chi connectivity index (χ3v) is 3.12. The van der Waals surface area contributed by atoms with E-state index in [2.05, 4.69) is 22.4 Å². The van der Waals surface area contributed by atoms with Crippen LogP contribution in [0.4, 0.5) is 0 Å². The lowest BCUT2D eigenvalue weighted by molar-refractivity contribution is 0.414. The van der Waals surface area contributed by atoms with Crippen LogP contribution in [0.5, 0.6) is 5.75 Å². The van der Waals surface area contributed by atoms with Gasteiger partial charge >= 0.3 is 0 Å². The summed E-state index contributed by atoms with van der Waals surface area (Å²) in [7, 11) is 1.68. The van der Waals surface area contributed by atoms with Crippen LogP contribution in [0.1, 0.15) is 5.56 Å². The molecule has 80 valence electrons. The summed E-state index contributed by atoms with van der Waals surface area (Å²) in [5, 5.41) is 4.37.